The van der Waals surface area contributed by atoms with E-state index in [9.17, 15) is 9.18 Å². The first-order valence-electron chi connectivity index (χ1n) is 6.57. The predicted molar refractivity (Wildman–Crippen MR) is 81.5 cm³/mol. The summed E-state index contributed by atoms with van der Waals surface area (Å²) < 4.78 is 14.1. The zero-order chi connectivity index (χ0) is 14.9. The van der Waals surface area contributed by atoms with Gasteiger partial charge in [-0.2, -0.15) is 0 Å². The average Bonchev–Trinajstić information content (AvgIpc) is 2.81. The molecule has 1 atom stereocenters. The van der Waals surface area contributed by atoms with Crippen LogP contribution in [0.3, 0.4) is 0 Å². The number of fused-ring (bicyclic) bond motifs is 1. The Morgan fingerprint density at radius 2 is 2.15 bits per heavy atom. The van der Waals surface area contributed by atoms with E-state index < -0.39 is 5.54 Å². The third-order valence-corrected chi connectivity index (χ3v) is 4.91. The van der Waals surface area contributed by atoms with E-state index in [1.54, 1.807) is 12.1 Å². The van der Waals surface area contributed by atoms with Crippen LogP contribution < -0.4 is 11.1 Å². The van der Waals surface area contributed by atoms with Crippen molar-refractivity contribution in [2.75, 3.05) is 6.54 Å². The summed E-state index contributed by atoms with van der Waals surface area (Å²) in [6.45, 7) is 6.35. The summed E-state index contributed by atoms with van der Waals surface area (Å²) in [5.41, 5.74) is 5.32. The molecule has 2 rings (SSSR count). The van der Waals surface area contributed by atoms with E-state index in [-0.39, 0.29) is 17.6 Å². The van der Waals surface area contributed by atoms with Crippen LogP contribution in [0.1, 0.15) is 30.4 Å². The molecule has 0 aliphatic rings. The number of hydrogen-bond acceptors (Lipinski definition) is 3. The third kappa shape index (κ3) is 2.83. The largest absolute Gasteiger partial charge is 0.345 e. The summed E-state index contributed by atoms with van der Waals surface area (Å²) in [6, 6.07) is 6.25. The van der Waals surface area contributed by atoms with Crippen molar-refractivity contribution in [1.82, 2.24) is 5.32 Å². The maximum atomic E-state index is 13.2. The molecule has 0 spiro atoms. The van der Waals surface area contributed by atoms with E-state index in [0.29, 0.717) is 11.4 Å². The molecule has 0 saturated carbocycles. The number of hydrogen-bond donors (Lipinski definition) is 2. The smallest absolute Gasteiger partial charge is 0.261 e. The lowest BCUT2D eigenvalue weighted by Crippen LogP contribution is -2.54. The standard InChI is InChI=1S/C15H19FN2OS/c1-9(2)15(3,8-17)18-14(19)13-7-10-6-11(16)4-5-12(10)20-13/h4-7,9H,8,17H2,1-3H3,(H,18,19). The zero-order valence-electron chi connectivity index (χ0n) is 11.9. The molecule has 1 aromatic carbocycles. The maximum absolute atomic E-state index is 13.2. The van der Waals surface area contributed by atoms with E-state index in [1.165, 1.54) is 23.5 Å². The first-order chi connectivity index (χ1) is 9.35. The number of benzene rings is 1. The van der Waals surface area contributed by atoms with Crippen molar-refractivity contribution in [3.05, 3.63) is 35.0 Å². The molecule has 108 valence electrons. The minimum Gasteiger partial charge on any atom is -0.345 e. The molecule has 20 heavy (non-hydrogen) atoms. The molecule has 0 saturated heterocycles. The second-order valence-electron chi connectivity index (χ2n) is 5.52. The number of nitrogens with one attached hydrogen (secondary N) is 1. The van der Waals surface area contributed by atoms with Gasteiger partial charge >= 0.3 is 0 Å². The van der Waals surface area contributed by atoms with Crippen LogP contribution in [0.15, 0.2) is 24.3 Å². The third-order valence-electron chi connectivity index (χ3n) is 3.80. The van der Waals surface area contributed by atoms with Crippen LogP contribution in [0.4, 0.5) is 4.39 Å². The van der Waals surface area contributed by atoms with Crippen LogP contribution >= 0.6 is 11.3 Å². The molecule has 0 aliphatic carbocycles. The highest BCUT2D eigenvalue weighted by atomic mass is 32.1. The second kappa shape index (κ2) is 5.50. The quantitative estimate of drug-likeness (QED) is 0.910. The van der Waals surface area contributed by atoms with Crippen molar-refractivity contribution in [2.24, 2.45) is 11.7 Å². The van der Waals surface area contributed by atoms with Crippen LogP contribution in [0.2, 0.25) is 0 Å². The van der Waals surface area contributed by atoms with Crippen molar-refractivity contribution in [1.29, 1.82) is 0 Å². The van der Waals surface area contributed by atoms with Gasteiger partial charge in [0.1, 0.15) is 5.82 Å². The average molecular weight is 294 g/mol. The van der Waals surface area contributed by atoms with Gasteiger partial charge in [0.25, 0.3) is 5.91 Å². The van der Waals surface area contributed by atoms with Gasteiger partial charge in [0, 0.05) is 11.2 Å². The Hall–Kier alpha value is -1.46. The fraction of sp³-hybridized carbons (Fsp3) is 0.400. The van der Waals surface area contributed by atoms with Crippen molar-refractivity contribution >= 4 is 27.3 Å². The molecule has 1 unspecified atom stereocenters. The SMILES string of the molecule is CC(C)C(C)(CN)NC(=O)c1cc2cc(F)ccc2s1. The minimum absolute atomic E-state index is 0.159. The summed E-state index contributed by atoms with van der Waals surface area (Å²) in [4.78, 5) is 12.9. The molecule has 0 aliphatic heterocycles. The Balaban J connectivity index is 2.27. The van der Waals surface area contributed by atoms with E-state index in [1.807, 2.05) is 20.8 Å². The number of thiophene rings is 1. The van der Waals surface area contributed by atoms with Crippen molar-refractivity contribution in [3.8, 4) is 0 Å². The molecule has 0 bridgehead atoms. The second-order valence-corrected chi connectivity index (χ2v) is 6.61. The maximum Gasteiger partial charge on any atom is 0.261 e. The Bertz CT molecular complexity index is 638. The predicted octanol–water partition coefficient (Wildman–Crippen LogP) is 3.14. The molecule has 5 heteroatoms. The minimum atomic E-state index is -0.446. The summed E-state index contributed by atoms with van der Waals surface area (Å²) >= 11 is 1.36. The molecule has 1 heterocycles. The van der Waals surface area contributed by atoms with Gasteiger partial charge < -0.3 is 11.1 Å². The topological polar surface area (TPSA) is 55.1 Å². The number of amides is 1. The van der Waals surface area contributed by atoms with Crippen LogP contribution in [-0.4, -0.2) is 18.0 Å². The van der Waals surface area contributed by atoms with E-state index in [0.717, 1.165) is 10.1 Å². The summed E-state index contributed by atoms with van der Waals surface area (Å²) in [7, 11) is 0. The molecule has 1 aromatic heterocycles. The van der Waals surface area contributed by atoms with Gasteiger partial charge in [-0.25, -0.2) is 4.39 Å². The van der Waals surface area contributed by atoms with Crippen LogP contribution in [0.25, 0.3) is 10.1 Å². The Kier molecular flexibility index (Phi) is 4.11. The fourth-order valence-electron chi connectivity index (χ4n) is 1.88. The first-order valence-corrected chi connectivity index (χ1v) is 7.39. The van der Waals surface area contributed by atoms with Gasteiger partial charge in [-0.1, -0.05) is 13.8 Å². The number of halogens is 1. The fourth-order valence-corrected chi connectivity index (χ4v) is 2.82. The number of rotatable bonds is 4. The lowest BCUT2D eigenvalue weighted by atomic mass is 9.88. The van der Waals surface area contributed by atoms with Crippen LogP contribution in [0.5, 0.6) is 0 Å². The van der Waals surface area contributed by atoms with Crippen LogP contribution in [0, 0.1) is 11.7 Å². The van der Waals surface area contributed by atoms with Crippen molar-refractivity contribution in [3.63, 3.8) is 0 Å². The number of nitrogens with two attached hydrogens (primary N) is 1. The number of carbonyl (C=O) groups excluding carboxylic acids is 1. The highest BCUT2D eigenvalue weighted by Gasteiger charge is 2.29. The van der Waals surface area contributed by atoms with Gasteiger partial charge in [0.05, 0.1) is 10.4 Å². The monoisotopic (exact) mass is 294 g/mol. The highest BCUT2D eigenvalue weighted by Crippen LogP contribution is 2.27. The molecule has 2 aromatic rings. The molecular weight excluding hydrogens is 275 g/mol. The lowest BCUT2D eigenvalue weighted by molar-refractivity contribution is 0.0887. The van der Waals surface area contributed by atoms with E-state index in [4.69, 9.17) is 5.73 Å². The summed E-state index contributed by atoms with van der Waals surface area (Å²) in [5, 5.41) is 3.74. The van der Waals surface area contributed by atoms with Gasteiger partial charge in [-0.05, 0) is 42.5 Å². The van der Waals surface area contributed by atoms with Gasteiger partial charge in [-0.15, -0.1) is 11.3 Å². The Morgan fingerprint density at radius 3 is 2.75 bits per heavy atom. The highest BCUT2D eigenvalue weighted by molar-refractivity contribution is 7.20. The normalized spacial score (nSPS) is 14.5. The van der Waals surface area contributed by atoms with E-state index >= 15 is 0 Å². The summed E-state index contributed by atoms with van der Waals surface area (Å²) in [5.74, 6) is -0.229. The van der Waals surface area contributed by atoms with Crippen LogP contribution in [-0.2, 0) is 0 Å². The molecule has 0 fully saturated rings. The van der Waals surface area contributed by atoms with E-state index in [2.05, 4.69) is 5.32 Å². The molecule has 3 nitrogen and oxygen atoms in total. The van der Waals surface area contributed by atoms with Gasteiger partial charge in [0.15, 0.2) is 0 Å². The Labute approximate surface area is 122 Å². The lowest BCUT2D eigenvalue weighted by Gasteiger charge is -2.33. The van der Waals surface area contributed by atoms with Crippen molar-refractivity contribution in [2.45, 2.75) is 26.3 Å². The molecule has 3 N–H and O–H groups in total. The van der Waals surface area contributed by atoms with Gasteiger partial charge in [0.2, 0.25) is 0 Å². The van der Waals surface area contributed by atoms with Gasteiger partial charge in [-0.3, -0.25) is 4.79 Å². The molecule has 0 radical (unpaired) electrons. The molecular formula is C15H19FN2OS. The zero-order valence-corrected chi connectivity index (χ0v) is 12.7. The number of carbonyl (C=O) groups is 1. The summed E-state index contributed by atoms with van der Waals surface area (Å²) in [6.07, 6.45) is 0. The van der Waals surface area contributed by atoms with Crippen molar-refractivity contribution < 1.29 is 9.18 Å². The Morgan fingerprint density at radius 1 is 1.45 bits per heavy atom. The molecule has 1 amide bonds. The first kappa shape index (κ1) is 14.9.